The fourth-order valence-electron chi connectivity index (χ4n) is 0.478. The number of allylic oxidation sites excluding steroid dienone is 1. The molecule has 0 radical (unpaired) electrons. The summed E-state index contributed by atoms with van der Waals surface area (Å²) in [4.78, 5) is 14.7. The maximum atomic E-state index is 10.3. The van der Waals surface area contributed by atoms with Gasteiger partial charge in [0.25, 0.3) is 0 Å². The zero-order valence-corrected chi connectivity index (χ0v) is 5.32. The zero-order chi connectivity index (χ0) is 6.85. The van der Waals surface area contributed by atoms with Crippen LogP contribution in [0.15, 0.2) is 11.4 Å². The van der Waals surface area contributed by atoms with E-state index in [-0.39, 0.29) is 0 Å². The average molecular weight is 128 g/mol. The van der Waals surface area contributed by atoms with Gasteiger partial charge in [0.2, 0.25) is 0 Å². The Hall–Kier alpha value is -1.19. The predicted molar refractivity (Wildman–Crippen MR) is 31.1 cm³/mol. The van der Waals surface area contributed by atoms with E-state index in [1.807, 2.05) is 13.8 Å². The molecule has 2 N–H and O–H groups in total. The molecule has 0 unspecified atom stereocenters. The lowest BCUT2D eigenvalue weighted by molar-refractivity contribution is 0.138. The Bertz CT molecular complexity index is 170. The first-order valence-electron chi connectivity index (χ1n) is 2.61. The molecule has 9 heavy (non-hydrogen) atoms. The highest BCUT2D eigenvalue weighted by Gasteiger charge is 2.14. The van der Waals surface area contributed by atoms with Gasteiger partial charge in [-0.3, -0.25) is 5.32 Å². The maximum absolute atomic E-state index is 10.3. The van der Waals surface area contributed by atoms with Crippen molar-refractivity contribution in [2.45, 2.75) is 13.8 Å². The summed E-state index contributed by atoms with van der Waals surface area (Å²) < 4.78 is 0. The molecule has 0 aromatic rings. The molecule has 1 heterocycles. The van der Waals surface area contributed by atoms with Crippen LogP contribution in [0.5, 0.6) is 0 Å². The summed E-state index contributed by atoms with van der Waals surface area (Å²) in [5.41, 5.74) is 3.41. The standard InChI is InChI=1S/C5H8N2O2/c1-3(2)4-6-5(8)9-7-4/h7H,1-2H3,(H,6,8). The molecule has 1 aliphatic rings. The topological polar surface area (TPSA) is 50.4 Å². The Morgan fingerprint density at radius 2 is 2.22 bits per heavy atom. The van der Waals surface area contributed by atoms with Gasteiger partial charge in [0, 0.05) is 0 Å². The van der Waals surface area contributed by atoms with E-state index in [1.165, 1.54) is 0 Å². The molecular weight excluding hydrogens is 120 g/mol. The maximum Gasteiger partial charge on any atom is 0.437 e. The quantitative estimate of drug-likeness (QED) is 0.499. The van der Waals surface area contributed by atoms with Gasteiger partial charge >= 0.3 is 6.09 Å². The van der Waals surface area contributed by atoms with Crippen molar-refractivity contribution in [2.75, 3.05) is 0 Å². The van der Waals surface area contributed by atoms with Gasteiger partial charge in [-0.25, -0.2) is 10.3 Å². The molecule has 4 nitrogen and oxygen atoms in total. The predicted octanol–water partition coefficient (Wildman–Crippen LogP) is 0.482. The molecule has 1 aliphatic heterocycles. The third-order valence-corrected chi connectivity index (χ3v) is 0.973. The van der Waals surface area contributed by atoms with E-state index in [4.69, 9.17) is 0 Å². The van der Waals surface area contributed by atoms with E-state index in [0.717, 1.165) is 5.57 Å². The molecule has 1 fully saturated rings. The number of hydrogen-bond acceptors (Lipinski definition) is 3. The van der Waals surface area contributed by atoms with Crippen LogP contribution in [0.1, 0.15) is 13.8 Å². The van der Waals surface area contributed by atoms with Gasteiger partial charge in [-0.15, -0.1) is 0 Å². The van der Waals surface area contributed by atoms with E-state index in [9.17, 15) is 4.79 Å². The third-order valence-electron chi connectivity index (χ3n) is 0.973. The second-order valence-corrected chi connectivity index (χ2v) is 1.99. The van der Waals surface area contributed by atoms with Crippen LogP contribution in [0, 0.1) is 0 Å². The molecule has 50 valence electrons. The van der Waals surface area contributed by atoms with Crippen molar-refractivity contribution in [3.05, 3.63) is 11.4 Å². The smallest absolute Gasteiger partial charge is 0.323 e. The van der Waals surface area contributed by atoms with Crippen molar-refractivity contribution in [1.29, 1.82) is 0 Å². The normalized spacial score (nSPS) is 16.2. The Kier molecular flexibility index (Phi) is 1.30. The molecule has 1 saturated heterocycles. The summed E-state index contributed by atoms with van der Waals surface area (Å²) in [5, 5.41) is 2.46. The number of hydrogen-bond donors (Lipinski definition) is 2. The number of nitrogens with one attached hydrogen (secondary N) is 2. The van der Waals surface area contributed by atoms with Crippen LogP contribution in [0.3, 0.4) is 0 Å². The average Bonchev–Trinajstić information content (AvgIpc) is 2.14. The number of hydroxylamine groups is 1. The third kappa shape index (κ3) is 1.13. The van der Waals surface area contributed by atoms with E-state index in [2.05, 4.69) is 15.6 Å². The highest BCUT2D eigenvalue weighted by Crippen LogP contribution is 2.00. The van der Waals surface area contributed by atoms with Crippen LogP contribution in [-0.4, -0.2) is 6.09 Å². The lowest BCUT2D eigenvalue weighted by Gasteiger charge is -1.94. The Morgan fingerprint density at radius 3 is 2.44 bits per heavy atom. The minimum absolute atomic E-state index is 0.453. The highest BCUT2D eigenvalue weighted by atomic mass is 16.7. The zero-order valence-electron chi connectivity index (χ0n) is 5.32. The fourth-order valence-corrected chi connectivity index (χ4v) is 0.478. The monoisotopic (exact) mass is 128 g/mol. The fraction of sp³-hybridized carbons (Fsp3) is 0.400. The van der Waals surface area contributed by atoms with Gasteiger partial charge in [-0.05, 0) is 19.4 Å². The molecule has 0 atom stereocenters. The molecule has 0 aromatic heterocycles. The highest BCUT2D eigenvalue weighted by molar-refractivity contribution is 5.71. The minimum atomic E-state index is -0.453. The van der Waals surface area contributed by atoms with Crippen molar-refractivity contribution in [3.8, 4) is 0 Å². The molecule has 1 rings (SSSR count). The molecule has 1 amide bonds. The number of amides is 1. The lowest BCUT2D eigenvalue weighted by atomic mass is 10.3. The van der Waals surface area contributed by atoms with Gasteiger partial charge in [-0.2, -0.15) is 0 Å². The molecular formula is C5H8N2O2. The number of carbonyl (C=O) groups excluding carboxylic acids is 1. The summed E-state index contributed by atoms with van der Waals surface area (Å²) in [6.07, 6.45) is -0.453. The second kappa shape index (κ2) is 1.97. The van der Waals surface area contributed by atoms with Crippen molar-refractivity contribution in [3.63, 3.8) is 0 Å². The van der Waals surface area contributed by atoms with Crippen molar-refractivity contribution >= 4 is 6.09 Å². The van der Waals surface area contributed by atoms with Crippen molar-refractivity contribution in [1.82, 2.24) is 10.8 Å². The van der Waals surface area contributed by atoms with Gasteiger partial charge in [0.15, 0.2) is 0 Å². The SMILES string of the molecule is CC(C)=C1NOC(=O)N1. The first kappa shape index (κ1) is 5.94. The van der Waals surface area contributed by atoms with Crippen molar-refractivity contribution < 1.29 is 9.63 Å². The first-order chi connectivity index (χ1) is 4.20. The number of carbonyl (C=O) groups is 1. The van der Waals surface area contributed by atoms with Crippen LogP contribution >= 0.6 is 0 Å². The van der Waals surface area contributed by atoms with Crippen LogP contribution in [-0.2, 0) is 4.84 Å². The molecule has 0 bridgehead atoms. The van der Waals surface area contributed by atoms with Crippen LogP contribution in [0.2, 0.25) is 0 Å². The van der Waals surface area contributed by atoms with E-state index in [1.54, 1.807) is 0 Å². The van der Waals surface area contributed by atoms with Crippen molar-refractivity contribution in [2.24, 2.45) is 0 Å². The van der Waals surface area contributed by atoms with Gasteiger partial charge in [0.05, 0.1) is 0 Å². The van der Waals surface area contributed by atoms with Gasteiger partial charge in [0.1, 0.15) is 5.82 Å². The molecule has 0 saturated carbocycles. The summed E-state index contributed by atoms with van der Waals surface area (Å²) in [6, 6.07) is 0. The Balaban J connectivity index is 2.69. The van der Waals surface area contributed by atoms with Crippen LogP contribution in [0.25, 0.3) is 0 Å². The molecule has 0 spiro atoms. The summed E-state index contributed by atoms with van der Waals surface area (Å²) >= 11 is 0. The van der Waals surface area contributed by atoms with E-state index < -0.39 is 6.09 Å². The molecule has 4 heteroatoms. The molecule has 0 aromatic carbocycles. The van der Waals surface area contributed by atoms with Crippen LogP contribution < -0.4 is 10.8 Å². The summed E-state index contributed by atoms with van der Waals surface area (Å²) in [7, 11) is 0. The lowest BCUT2D eigenvalue weighted by Crippen LogP contribution is -2.13. The first-order valence-corrected chi connectivity index (χ1v) is 2.61. The Morgan fingerprint density at radius 1 is 1.56 bits per heavy atom. The second-order valence-electron chi connectivity index (χ2n) is 1.99. The largest absolute Gasteiger partial charge is 0.437 e. The van der Waals surface area contributed by atoms with E-state index >= 15 is 0 Å². The number of rotatable bonds is 0. The summed E-state index contributed by atoms with van der Waals surface area (Å²) in [5.74, 6) is 0.639. The Labute approximate surface area is 52.8 Å². The van der Waals surface area contributed by atoms with Gasteiger partial charge < -0.3 is 4.84 Å². The van der Waals surface area contributed by atoms with Gasteiger partial charge in [-0.1, -0.05) is 0 Å². The minimum Gasteiger partial charge on any atom is -0.323 e. The van der Waals surface area contributed by atoms with Crippen LogP contribution in [0.4, 0.5) is 4.79 Å². The van der Waals surface area contributed by atoms with E-state index in [0.29, 0.717) is 5.82 Å². The summed E-state index contributed by atoms with van der Waals surface area (Å²) in [6.45, 7) is 3.74. The molecule has 0 aliphatic carbocycles.